The van der Waals surface area contributed by atoms with Crippen molar-refractivity contribution in [2.24, 2.45) is 11.8 Å². The van der Waals surface area contributed by atoms with Gasteiger partial charge >= 0.3 is 0 Å². The first-order valence-electron chi connectivity index (χ1n) is 7.44. The zero-order valence-electron chi connectivity index (χ0n) is 12.9. The third kappa shape index (κ3) is 2.03. The molecule has 1 saturated heterocycles. The summed E-state index contributed by atoms with van der Waals surface area (Å²) < 4.78 is 19.3. The zero-order valence-corrected chi connectivity index (χ0v) is 13.7. The molecule has 0 amide bonds. The molecule has 5 heteroatoms. The molecule has 2 aliphatic rings. The van der Waals surface area contributed by atoms with E-state index in [9.17, 15) is 14.1 Å². The Hall–Kier alpha value is -1.30. The number of hydrogen-bond donors (Lipinski definition) is 1. The summed E-state index contributed by atoms with van der Waals surface area (Å²) in [6.07, 6.45) is 1.37. The predicted molar refractivity (Wildman–Crippen MR) is 83.7 cm³/mol. The lowest BCUT2D eigenvalue weighted by Gasteiger charge is -2.41. The smallest absolute Gasteiger partial charge is 0.181 e. The van der Waals surface area contributed by atoms with Crippen LogP contribution in [0.1, 0.15) is 19.4 Å². The lowest BCUT2D eigenvalue weighted by Crippen LogP contribution is -2.54. The molecule has 0 aliphatic carbocycles. The quantitative estimate of drug-likeness (QED) is 0.865. The molecular formula is C17H20O4S. The van der Waals surface area contributed by atoms with Gasteiger partial charge < -0.3 is 9.84 Å². The van der Waals surface area contributed by atoms with Crippen LogP contribution in [0.3, 0.4) is 0 Å². The average molecular weight is 320 g/mol. The topological polar surface area (TPSA) is 63.6 Å². The SMILES string of the molecule is Cc1ccc(S(=O)[C@@]23O[C@H](C=C2CO)[C@@H](C)C(=O)[C@H]3C)cc1. The number of Topliss-reactive ketones (excluding diaryl/α,β-unsaturated/α-hetero) is 1. The molecule has 2 heterocycles. The summed E-state index contributed by atoms with van der Waals surface area (Å²) in [4.78, 5) is 11.9. The number of benzene rings is 1. The van der Waals surface area contributed by atoms with Crippen LogP contribution >= 0.6 is 0 Å². The van der Waals surface area contributed by atoms with Crippen molar-refractivity contribution in [3.8, 4) is 0 Å². The summed E-state index contributed by atoms with van der Waals surface area (Å²) >= 11 is 0. The minimum Gasteiger partial charge on any atom is -0.392 e. The molecule has 0 radical (unpaired) electrons. The number of hydrogen-bond acceptors (Lipinski definition) is 4. The molecule has 1 N–H and O–H groups in total. The number of aryl methyl sites for hydroxylation is 1. The van der Waals surface area contributed by atoms with Gasteiger partial charge in [0.1, 0.15) is 5.78 Å². The van der Waals surface area contributed by atoms with Crippen molar-refractivity contribution in [2.45, 2.75) is 36.7 Å². The largest absolute Gasteiger partial charge is 0.392 e. The van der Waals surface area contributed by atoms with Gasteiger partial charge in [-0.1, -0.05) is 31.5 Å². The highest BCUT2D eigenvalue weighted by Crippen LogP contribution is 2.49. The number of carbonyl (C=O) groups excluding carboxylic acids is 1. The lowest BCUT2D eigenvalue weighted by molar-refractivity contribution is -0.147. The second-order valence-electron chi connectivity index (χ2n) is 6.09. The number of ether oxygens (including phenoxy) is 1. The number of ketones is 1. The molecule has 4 nitrogen and oxygen atoms in total. The summed E-state index contributed by atoms with van der Waals surface area (Å²) in [7, 11) is -1.56. The van der Waals surface area contributed by atoms with Gasteiger partial charge in [-0.25, -0.2) is 0 Å². The van der Waals surface area contributed by atoms with Crippen LogP contribution in [0.4, 0.5) is 0 Å². The zero-order chi connectivity index (χ0) is 16.1. The van der Waals surface area contributed by atoms with Gasteiger partial charge in [-0.05, 0) is 30.7 Å². The van der Waals surface area contributed by atoms with Crippen molar-refractivity contribution >= 4 is 16.6 Å². The summed E-state index contributed by atoms with van der Waals surface area (Å²) in [6.45, 7) is 5.27. The molecule has 1 aromatic carbocycles. The fraction of sp³-hybridized carbons (Fsp3) is 0.471. The first kappa shape index (κ1) is 15.6. The van der Waals surface area contributed by atoms with E-state index < -0.39 is 27.8 Å². The molecule has 0 saturated carbocycles. The van der Waals surface area contributed by atoms with E-state index in [2.05, 4.69) is 0 Å². The highest BCUT2D eigenvalue weighted by Gasteiger charge is 2.60. The second-order valence-corrected chi connectivity index (χ2v) is 7.71. The maximum absolute atomic E-state index is 13.2. The van der Waals surface area contributed by atoms with Gasteiger partial charge in [0, 0.05) is 10.8 Å². The van der Waals surface area contributed by atoms with Gasteiger partial charge in [0.2, 0.25) is 0 Å². The molecule has 118 valence electrons. The van der Waals surface area contributed by atoms with Crippen LogP contribution in [0, 0.1) is 18.8 Å². The Labute approximate surface area is 132 Å². The van der Waals surface area contributed by atoms with E-state index in [1.54, 1.807) is 25.1 Å². The van der Waals surface area contributed by atoms with Crippen LogP contribution in [0.2, 0.25) is 0 Å². The molecule has 3 rings (SSSR count). The molecule has 22 heavy (non-hydrogen) atoms. The van der Waals surface area contributed by atoms with Gasteiger partial charge in [-0.2, -0.15) is 0 Å². The Morgan fingerprint density at radius 3 is 2.50 bits per heavy atom. The molecule has 0 aromatic heterocycles. The fourth-order valence-corrected chi connectivity index (χ4v) is 5.06. The van der Waals surface area contributed by atoms with E-state index in [1.165, 1.54) is 0 Å². The van der Waals surface area contributed by atoms with Crippen molar-refractivity contribution in [1.29, 1.82) is 0 Å². The normalized spacial score (nSPS) is 35.4. The number of aliphatic hydroxyl groups is 1. The molecule has 1 unspecified atom stereocenters. The van der Waals surface area contributed by atoms with Gasteiger partial charge in [-0.3, -0.25) is 9.00 Å². The fourth-order valence-electron chi connectivity index (χ4n) is 3.32. The second kappa shape index (κ2) is 5.41. The standard InChI is InChI=1S/C17H20O4S/c1-10-4-6-14(7-5-10)22(20)17-12(3)16(19)11(2)15(21-17)8-13(17)9-18/h4-8,11-12,15,18H,9H2,1-3H3/t11-,12-,15-,17-,22?/m1/s1. The Morgan fingerprint density at radius 2 is 1.91 bits per heavy atom. The van der Waals surface area contributed by atoms with Crippen LogP contribution < -0.4 is 0 Å². The Bertz CT molecular complexity index is 664. The van der Waals surface area contributed by atoms with Crippen LogP contribution in [-0.2, 0) is 20.3 Å². The summed E-state index contributed by atoms with van der Waals surface area (Å²) in [6, 6.07) is 7.36. The highest BCUT2D eigenvalue weighted by atomic mass is 32.2. The maximum Gasteiger partial charge on any atom is 0.181 e. The molecule has 2 aliphatic heterocycles. The van der Waals surface area contributed by atoms with Crippen LogP contribution in [-0.4, -0.2) is 32.7 Å². The number of aliphatic hydroxyl groups excluding tert-OH is 1. The number of carbonyl (C=O) groups is 1. The van der Waals surface area contributed by atoms with Gasteiger partial charge in [0.05, 0.1) is 29.4 Å². The third-order valence-corrected chi connectivity index (χ3v) is 6.71. The summed E-state index contributed by atoms with van der Waals surface area (Å²) in [5, 5.41) is 9.71. The first-order chi connectivity index (χ1) is 10.4. The van der Waals surface area contributed by atoms with E-state index in [4.69, 9.17) is 4.74 Å². The molecular weight excluding hydrogens is 300 g/mol. The van der Waals surface area contributed by atoms with Crippen LogP contribution in [0.25, 0.3) is 0 Å². The molecule has 5 atom stereocenters. The van der Waals surface area contributed by atoms with E-state index in [0.717, 1.165) is 5.56 Å². The van der Waals surface area contributed by atoms with E-state index in [0.29, 0.717) is 10.5 Å². The first-order valence-corrected chi connectivity index (χ1v) is 8.59. The average Bonchev–Trinajstić information content (AvgIpc) is 2.89. The molecule has 2 bridgehead atoms. The summed E-state index contributed by atoms with van der Waals surface area (Å²) in [5.74, 6) is -0.791. The van der Waals surface area contributed by atoms with Crippen molar-refractivity contribution in [1.82, 2.24) is 0 Å². The van der Waals surface area contributed by atoms with Crippen molar-refractivity contribution in [3.05, 3.63) is 41.5 Å². The van der Waals surface area contributed by atoms with Crippen LogP contribution in [0.15, 0.2) is 40.8 Å². The number of fused-ring (bicyclic) bond motifs is 2. The monoisotopic (exact) mass is 320 g/mol. The van der Waals surface area contributed by atoms with Crippen molar-refractivity contribution in [2.75, 3.05) is 6.61 Å². The maximum atomic E-state index is 13.2. The van der Waals surface area contributed by atoms with Gasteiger partial charge in [0.15, 0.2) is 4.93 Å². The lowest BCUT2D eigenvalue weighted by atomic mass is 9.86. The predicted octanol–water partition coefficient (Wildman–Crippen LogP) is 1.97. The van der Waals surface area contributed by atoms with Crippen LogP contribution in [0.5, 0.6) is 0 Å². The Kier molecular flexibility index (Phi) is 3.83. The van der Waals surface area contributed by atoms with Crippen molar-refractivity contribution in [3.63, 3.8) is 0 Å². The van der Waals surface area contributed by atoms with Crippen molar-refractivity contribution < 1.29 is 18.8 Å². The van der Waals surface area contributed by atoms with E-state index >= 15 is 0 Å². The highest BCUT2D eigenvalue weighted by molar-refractivity contribution is 7.86. The van der Waals surface area contributed by atoms with Gasteiger partial charge in [0.25, 0.3) is 0 Å². The molecule has 1 fully saturated rings. The van der Waals surface area contributed by atoms with Gasteiger partial charge in [-0.15, -0.1) is 0 Å². The van der Waals surface area contributed by atoms with E-state index in [-0.39, 0.29) is 18.3 Å². The Morgan fingerprint density at radius 1 is 1.27 bits per heavy atom. The minimum atomic E-state index is -1.56. The van der Waals surface area contributed by atoms with E-state index in [1.807, 2.05) is 26.0 Å². The third-order valence-electron chi connectivity index (χ3n) is 4.74. The minimum absolute atomic E-state index is 0.0383. The molecule has 0 spiro atoms. The number of rotatable bonds is 3. The molecule has 1 aromatic rings. The Balaban J connectivity index is 2.09. The summed E-state index contributed by atoms with van der Waals surface area (Å²) in [5.41, 5.74) is 1.63.